The molecule has 11 nitrogen and oxygen atoms in total. The number of carbonyl (C=O) groups excluding carboxylic acids is 2. The number of unbranched alkanes of at least 4 members (excludes halogenated alkanes) is 26. The highest BCUT2D eigenvalue weighted by molar-refractivity contribution is 7.47. The minimum Gasteiger partial charge on any atom is -0.480 e. The molecule has 340 valence electrons. The van der Waals surface area contributed by atoms with Gasteiger partial charge in [-0.05, 0) is 64.2 Å². The molecule has 3 atom stereocenters. The summed E-state index contributed by atoms with van der Waals surface area (Å²) in [5.41, 5.74) is 5.34. The number of carboxylic acid groups (broad SMARTS) is 1. The average molecular weight is 844 g/mol. The van der Waals surface area contributed by atoms with E-state index in [0.717, 1.165) is 57.8 Å². The Bertz CT molecular complexity index is 1080. The van der Waals surface area contributed by atoms with E-state index in [4.69, 9.17) is 24.8 Å². The van der Waals surface area contributed by atoms with Gasteiger partial charge >= 0.3 is 25.7 Å². The Labute approximate surface area is 353 Å². The van der Waals surface area contributed by atoms with E-state index in [9.17, 15) is 23.8 Å². The third-order valence-electron chi connectivity index (χ3n) is 10.2. The summed E-state index contributed by atoms with van der Waals surface area (Å²) in [7, 11) is -4.72. The zero-order valence-corrected chi connectivity index (χ0v) is 37.8. The summed E-state index contributed by atoms with van der Waals surface area (Å²) >= 11 is 0. The highest BCUT2D eigenvalue weighted by Gasteiger charge is 2.28. The van der Waals surface area contributed by atoms with Gasteiger partial charge in [-0.25, -0.2) is 4.57 Å². The summed E-state index contributed by atoms with van der Waals surface area (Å²) in [6, 6.07) is -1.52. The highest BCUT2D eigenvalue weighted by atomic mass is 31.2. The van der Waals surface area contributed by atoms with Crippen molar-refractivity contribution in [1.29, 1.82) is 0 Å². The first-order valence-corrected chi connectivity index (χ1v) is 24.9. The third-order valence-corrected chi connectivity index (χ3v) is 11.1. The van der Waals surface area contributed by atoms with Crippen molar-refractivity contribution < 1.29 is 47.5 Å². The minimum atomic E-state index is -4.72. The Kier molecular flexibility index (Phi) is 40.2. The number of phosphoric ester groups is 1. The molecule has 0 bridgehead atoms. The van der Waals surface area contributed by atoms with Crippen LogP contribution in [0.2, 0.25) is 0 Å². The number of allylic oxidation sites excluding steroid dienone is 4. The number of hydrogen-bond donors (Lipinski definition) is 3. The summed E-state index contributed by atoms with van der Waals surface area (Å²) in [6.45, 7) is 2.81. The summed E-state index contributed by atoms with van der Waals surface area (Å²) in [4.78, 5) is 46.0. The van der Waals surface area contributed by atoms with Crippen molar-refractivity contribution in [2.45, 2.75) is 231 Å². The number of nitrogens with two attached hydrogens (primary N) is 1. The summed E-state index contributed by atoms with van der Waals surface area (Å²) < 4.78 is 32.7. The number of carbonyl (C=O) groups is 3. The molecule has 12 heteroatoms. The molecule has 0 radical (unpaired) electrons. The van der Waals surface area contributed by atoms with Gasteiger partial charge in [-0.2, -0.15) is 0 Å². The Morgan fingerprint density at radius 2 is 0.862 bits per heavy atom. The van der Waals surface area contributed by atoms with Crippen molar-refractivity contribution in [2.75, 3.05) is 19.8 Å². The first-order chi connectivity index (χ1) is 28.1. The number of carboxylic acids is 1. The van der Waals surface area contributed by atoms with Crippen molar-refractivity contribution >= 4 is 25.7 Å². The molecule has 0 fully saturated rings. The van der Waals surface area contributed by atoms with E-state index in [1.54, 1.807) is 0 Å². The van der Waals surface area contributed by atoms with Crippen LogP contribution >= 0.6 is 7.82 Å². The van der Waals surface area contributed by atoms with E-state index < -0.39 is 51.1 Å². The summed E-state index contributed by atoms with van der Waals surface area (Å²) in [5, 5.41) is 8.90. The number of hydrogen-bond acceptors (Lipinski definition) is 9. The van der Waals surface area contributed by atoms with Gasteiger partial charge in [0.15, 0.2) is 6.10 Å². The van der Waals surface area contributed by atoms with Crippen LogP contribution in [-0.2, 0) is 37.5 Å². The van der Waals surface area contributed by atoms with Gasteiger partial charge in [0.1, 0.15) is 12.6 Å². The van der Waals surface area contributed by atoms with Crippen LogP contribution in [0.5, 0.6) is 0 Å². The van der Waals surface area contributed by atoms with Crippen LogP contribution in [0.1, 0.15) is 219 Å². The molecule has 0 spiro atoms. The van der Waals surface area contributed by atoms with E-state index in [1.165, 1.54) is 122 Å². The molecule has 3 unspecified atom stereocenters. The number of rotatable bonds is 44. The lowest BCUT2D eigenvalue weighted by Crippen LogP contribution is -2.34. The van der Waals surface area contributed by atoms with Crippen LogP contribution in [0.4, 0.5) is 0 Å². The topological polar surface area (TPSA) is 172 Å². The normalized spacial score (nSPS) is 13.9. The van der Waals surface area contributed by atoms with E-state index in [-0.39, 0.29) is 19.4 Å². The molecule has 0 amide bonds. The zero-order chi connectivity index (χ0) is 42.8. The van der Waals surface area contributed by atoms with Crippen molar-refractivity contribution in [1.82, 2.24) is 0 Å². The molecular formula is C46H86NO10P. The molecule has 58 heavy (non-hydrogen) atoms. The maximum atomic E-state index is 12.7. The SMILES string of the molecule is CCCCCCCCC=CCCCCCCCCCCCC(=O)OC(COC(=O)CCCCCCCC=CCCCCCCCC)COP(=O)(O)OCC(N)C(=O)O. The molecule has 0 aromatic heterocycles. The predicted molar refractivity (Wildman–Crippen MR) is 236 cm³/mol. The molecule has 4 N–H and O–H groups in total. The lowest BCUT2D eigenvalue weighted by Gasteiger charge is -2.20. The van der Waals surface area contributed by atoms with Crippen LogP contribution in [-0.4, -0.2) is 59.9 Å². The van der Waals surface area contributed by atoms with Gasteiger partial charge in [0.2, 0.25) is 0 Å². The largest absolute Gasteiger partial charge is 0.480 e. The second-order valence-electron chi connectivity index (χ2n) is 15.9. The lowest BCUT2D eigenvalue weighted by atomic mass is 10.1. The van der Waals surface area contributed by atoms with E-state index in [0.29, 0.717) is 12.8 Å². The van der Waals surface area contributed by atoms with E-state index in [2.05, 4.69) is 42.7 Å². The first-order valence-electron chi connectivity index (χ1n) is 23.4. The average Bonchev–Trinajstić information content (AvgIpc) is 3.20. The maximum absolute atomic E-state index is 12.7. The number of phosphoric acid groups is 1. The smallest absolute Gasteiger partial charge is 0.472 e. The van der Waals surface area contributed by atoms with Crippen molar-refractivity contribution in [2.24, 2.45) is 5.73 Å². The quantitative estimate of drug-likeness (QED) is 0.0231. The third kappa shape index (κ3) is 40.7. The van der Waals surface area contributed by atoms with E-state index >= 15 is 0 Å². The van der Waals surface area contributed by atoms with Crippen LogP contribution < -0.4 is 5.73 Å². The summed E-state index contributed by atoms with van der Waals surface area (Å²) in [5.74, 6) is -2.38. The van der Waals surface area contributed by atoms with Gasteiger partial charge in [0.25, 0.3) is 0 Å². The molecule has 0 aliphatic heterocycles. The molecule has 0 aliphatic rings. The number of ether oxygens (including phenoxy) is 2. The van der Waals surface area contributed by atoms with Crippen molar-refractivity contribution in [3.8, 4) is 0 Å². The van der Waals surface area contributed by atoms with Crippen LogP contribution in [0.3, 0.4) is 0 Å². The molecule has 0 aliphatic carbocycles. The Morgan fingerprint density at radius 1 is 0.517 bits per heavy atom. The monoisotopic (exact) mass is 844 g/mol. The van der Waals surface area contributed by atoms with Crippen LogP contribution in [0.15, 0.2) is 24.3 Å². The molecular weight excluding hydrogens is 757 g/mol. The Hall–Kier alpha value is -2.04. The van der Waals surface area contributed by atoms with Gasteiger partial charge in [0, 0.05) is 12.8 Å². The molecule has 0 aromatic carbocycles. The molecule has 0 saturated heterocycles. The number of aliphatic carboxylic acids is 1. The highest BCUT2D eigenvalue weighted by Crippen LogP contribution is 2.43. The van der Waals surface area contributed by atoms with Crippen LogP contribution in [0.25, 0.3) is 0 Å². The fourth-order valence-corrected chi connectivity index (χ4v) is 7.24. The minimum absolute atomic E-state index is 0.159. The molecule has 0 heterocycles. The first kappa shape index (κ1) is 56.0. The van der Waals surface area contributed by atoms with Gasteiger partial charge in [-0.1, -0.05) is 167 Å². The molecule has 0 aromatic rings. The van der Waals surface area contributed by atoms with Crippen molar-refractivity contribution in [3.05, 3.63) is 24.3 Å². The second kappa shape index (κ2) is 41.7. The van der Waals surface area contributed by atoms with Gasteiger partial charge in [-0.3, -0.25) is 23.4 Å². The standard InChI is InChI=1S/C46H86NO10P/c1-3-5-7-9-11-13-15-17-19-20-21-22-24-26-28-30-32-34-36-38-45(49)57-42(40-55-58(52,53)56-41-43(47)46(50)51)39-54-44(48)37-35-33-31-29-27-25-23-18-16-14-12-10-8-6-4-2/h17-19,23,42-43H,3-16,20-22,24-41,47H2,1-2H3,(H,50,51)(H,52,53). The fourth-order valence-electron chi connectivity index (χ4n) is 6.47. The predicted octanol–water partition coefficient (Wildman–Crippen LogP) is 12.6. The van der Waals surface area contributed by atoms with Crippen molar-refractivity contribution in [3.63, 3.8) is 0 Å². The van der Waals surface area contributed by atoms with Gasteiger partial charge in [-0.15, -0.1) is 0 Å². The fraction of sp³-hybridized carbons (Fsp3) is 0.848. The number of esters is 2. The van der Waals surface area contributed by atoms with Crippen LogP contribution in [0, 0.1) is 0 Å². The Balaban J connectivity index is 4.31. The summed E-state index contributed by atoms with van der Waals surface area (Å²) in [6.07, 6.45) is 43.8. The zero-order valence-electron chi connectivity index (χ0n) is 36.9. The Morgan fingerprint density at radius 3 is 1.26 bits per heavy atom. The lowest BCUT2D eigenvalue weighted by molar-refractivity contribution is -0.161. The second-order valence-corrected chi connectivity index (χ2v) is 17.3. The van der Waals surface area contributed by atoms with Gasteiger partial charge in [0.05, 0.1) is 13.2 Å². The maximum Gasteiger partial charge on any atom is 0.472 e. The molecule has 0 rings (SSSR count). The molecule has 0 saturated carbocycles. The van der Waals surface area contributed by atoms with E-state index in [1.807, 2.05) is 0 Å². The van der Waals surface area contributed by atoms with Gasteiger partial charge < -0.3 is 25.2 Å².